The number of nitrogens with zero attached hydrogens (tertiary/aromatic N) is 2. The second kappa shape index (κ2) is 9.71. The predicted octanol–water partition coefficient (Wildman–Crippen LogP) is 3.68. The van der Waals surface area contributed by atoms with E-state index in [4.69, 9.17) is 11.6 Å². The number of halogens is 3. The molecule has 8 nitrogen and oxygen atoms in total. The van der Waals surface area contributed by atoms with Gasteiger partial charge >= 0.3 is 0 Å². The average Bonchev–Trinajstić information content (AvgIpc) is 3.39. The lowest BCUT2D eigenvalue weighted by Crippen LogP contribution is -2.72. The fraction of sp³-hybridized carbons (Fsp3) is 0.385. The molecule has 38 heavy (non-hydrogen) atoms. The second-order valence-electron chi connectivity index (χ2n) is 10.1. The molecule has 3 N–H and O–H groups in total. The Kier molecular flexibility index (Phi) is 6.83. The Labute approximate surface area is 223 Å². The van der Waals surface area contributed by atoms with Gasteiger partial charge < -0.3 is 15.5 Å². The predicted molar refractivity (Wildman–Crippen MR) is 135 cm³/mol. The fourth-order valence-electron chi connectivity index (χ4n) is 6.05. The van der Waals surface area contributed by atoms with Gasteiger partial charge in [-0.2, -0.15) is 5.10 Å². The Morgan fingerprint density at radius 1 is 1.21 bits per heavy atom. The van der Waals surface area contributed by atoms with E-state index in [-0.39, 0.29) is 46.5 Å². The number of hydrogen-bond acceptors (Lipinski definition) is 6. The number of carbonyl (C=O) groups is 1. The summed E-state index contributed by atoms with van der Waals surface area (Å²) in [5.74, 6) is -3.82. The topological polar surface area (TPSA) is 122 Å². The van der Waals surface area contributed by atoms with Gasteiger partial charge in [-0.15, -0.1) is 0 Å². The maximum absolute atomic E-state index is 13.7. The number of nitrogens with one attached hydrogen (secondary N) is 1. The lowest BCUT2D eigenvalue weighted by atomic mass is 9.46. The van der Waals surface area contributed by atoms with E-state index in [0.29, 0.717) is 0 Å². The third-order valence-electron chi connectivity index (χ3n) is 8.06. The van der Waals surface area contributed by atoms with E-state index in [2.05, 4.69) is 10.4 Å². The van der Waals surface area contributed by atoms with E-state index in [9.17, 15) is 32.2 Å². The minimum Gasteiger partial charge on any atom is -0.388 e. The Morgan fingerprint density at radius 2 is 1.92 bits per heavy atom. The summed E-state index contributed by atoms with van der Waals surface area (Å²) in [6.07, 6.45) is 2.36. The molecule has 3 atom stereocenters. The first-order valence-electron chi connectivity index (χ1n) is 12.1. The van der Waals surface area contributed by atoms with Crippen molar-refractivity contribution < 1.29 is 32.2 Å². The molecule has 2 aromatic carbocycles. The zero-order valence-electron chi connectivity index (χ0n) is 20.3. The maximum atomic E-state index is 13.7. The van der Waals surface area contributed by atoms with Gasteiger partial charge in [0.15, 0.2) is 21.5 Å². The van der Waals surface area contributed by atoms with Crippen LogP contribution in [0, 0.1) is 29.4 Å². The smallest absolute Gasteiger partial charge is 0.255 e. The van der Waals surface area contributed by atoms with Gasteiger partial charge in [0.2, 0.25) is 0 Å². The summed E-state index contributed by atoms with van der Waals surface area (Å²) in [5, 5.41) is 27.8. The summed E-state index contributed by atoms with van der Waals surface area (Å²) in [4.78, 5) is 12.5. The van der Waals surface area contributed by atoms with E-state index in [1.165, 1.54) is 22.9 Å². The summed E-state index contributed by atoms with van der Waals surface area (Å²) < 4.78 is 55.6. The monoisotopic (exact) mass is 565 g/mol. The van der Waals surface area contributed by atoms with Crippen LogP contribution in [0.3, 0.4) is 0 Å². The first kappa shape index (κ1) is 26.7. The normalized spacial score (nSPS) is 27.4. The lowest BCUT2D eigenvalue weighted by Gasteiger charge is -2.64. The first-order chi connectivity index (χ1) is 17.9. The molecule has 0 aliphatic heterocycles. The van der Waals surface area contributed by atoms with Crippen molar-refractivity contribution in [3.63, 3.8) is 0 Å². The highest BCUT2D eigenvalue weighted by Crippen LogP contribution is 2.60. The Morgan fingerprint density at radius 3 is 2.55 bits per heavy atom. The standard InChI is InChI=1S/C26H26ClF2N3O5S/c1-14-18-11-17(12-19(14)26(18,35)24(33)13-32-8-2-7-30-32)38(36,37)23-9-15(3-5-20(23)27)25(34)31-16-4-6-21(28)22(29)10-16/h2-10,14,17-19,24,33,35H,11-13H2,1H3,(H,31,34)/t14-,17-,18?,19?,24?,26+. The molecule has 3 unspecified atom stereocenters. The van der Waals surface area contributed by atoms with Crippen LogP contribution in [-0.2, 0) is 16.4 Å². The summed E-state index contributed by atoms with van der Waals surface area (Å²) >= 11 is 6.26. The van der Waals surface area contributed by atoms with Crippen LogP contribution in [0.15, 0.2) is 59.8 Å². The molecule has 1 amide bonds. The summed E-state index contributed by atoms with van der Waals surface area (Å²) in [6.45, 7) is 2.02. The number of aliphatic hydroxyl groups excluding tert-OH is 1. The van der Waals surface area contributed by atoms with Gasteiger partial charge in [-0.05, 0) is 67.0 Å². The number of rotatable bonds is 7. The zero-order chi connectivity index (χ0) is 27.4. The molecular formula is C26H26ClF2N3O5S. The number of anilines is 1. The highest BCUT2D eigenvalue weighted by molar-refractivity contribution is 7.92. The number of aliphatic hydroxyl groups is 2. The summed E-state index contributed by atoms with van der Waals surface area (Å²) in [7, 11) is -4.02. The van der Waals surface area contributed by atoms with Crippen molar-refractivity contribution in [2.45, 2.75) is 48.2 Å². The van der Waals surface area contributed by atoms with E-state index >= 15 is 0 Å². The van der Waals surface area contributed by atoms with Crippen molar-refractivity contribution in [1.29, 1.82) is 0 Å². The van der Waals surface area contributed by atoms with Crippen LogP contribution >= 0.6 is 11.6 Å². The highest BCUT2D eigenvalue weighted by atomic mass is 35.5. The van der Waals surface area contributed by atoms with Crippen LogP contribution in [0.25, 0.3) is 0 Å². The molecule has 0 spiro atoms. The summed E-state index contributed by atoms with van der Waals surface area (Å²) in [6, 6.07) is 8.37. The fourth-order valence-corrected chi connectivity index (χ4v) is 8.40. The van der Waals surface area contributed by atoms with Crippen LogP contribution in [0.4, 0.5) is 14.5 Å². The number of amides is 1. The molecule has 1 heterocycles. The second-order valence-corrected chi connectivity index (χ2v) is 12.7. The van der Waals surface area contributed by atoms with E-state index in [0.717, 1.165) is 18.2 Å². The number of benzene rings is 2. The van der Waals surface area contributed by atoms with Gasteiger partial charge in [0.1, 0.15) is 6.10 Å². The molecule has 3 aliphatic rings. The lowest BCUT2D eigenvalue weighted by molar-refractivity contribution is -0.265. The van der Waals surface area contributed by atoms with Gasteiger partial charge in [0.05, 0.1) is 27.3 Å². The van der Waals surface area contributed by atoms with Gasteiger partial charge in [0, 0.05) is 29.7 Å². The van der Waals surface area contributed by atoms with Gasteiger partial charge in [-0.1, -0.05) is 18.5 Å². The first-order valence-corrected chi connectivity index (χ1v) is 14.0. The molecule has 3 fully saturated rings. The third kappa shape index (κ3) is 4.41. The largest absolute Gasteiger partial charge is 0.388 e. The van der Waals surface area contributed by atoms with Gasteiger partial charge in [-0.3, -0.25) is 9.48 Å². The quantitative estimate of drug-likeness (QED) is 0.402. The minimum atomic E-state index is -4.02. The Balaban J connectivity index is 1.35. The van der Waals surface area contributed by atoms with Crippen LogP contribution in [-0.4, -0.2) is 51.3 Å². The van der Waals surface area contributed by atoms with Crippen molar-refractivity contribution in [3.8, 4) is 0 Å². The minimum absolute atomic E-state index is 0.00238. The highest BCUT2D eigenvalue weighted by Gasteiger charge is 2.67. The molecular weight excluding hydrogens is 540 g/mol. The molecule has 1 aromatic heterocycles. The number of carbonyl (C=O) groups excluding carboxylic acids is 1. The van der Waals surface area contributed by atoms with Crippen molar-refractivity contribution in [3.05, 3.63) is 77.1 Å². The maximum Gasteiger partial charge on any atom is 0.255 e. The molecule has 12 heteroatoms. The number of fused-ring (bicyclic) bond motifs is 2. The molecule has 3 aromatic rings. The number of aromatic nitrogens is 2. The van der Waals surface area contributed by atoms with Crippen LogP contribution in [0.5, 0.6) is 0 Å². The van der Waals surface area contributed by atoms with E-state index in [1.807, 2.05) is 6.92 Å². The molecule has 3 saturated carbocycles. The van der Waals surface area contributed by atoms with Crippen LogP contribution in [0.1, 0.15) is 30.1 Å². The number of sulfone groups is 1. The van der Waals surface area contributed by atoms with Crippen molar-refractivity contribution in [2.75, 3.05) is 5.32 Å². The molecule has 2 bridgehead atoms. The van der Waals surface area contributed by atoms with Crippen molar-refractivity contribution in [1.82, 2.24) is 9.78 Å². The van der Waals surface area contributed by atoms with E-state index < -0.39 is 56.2 Å². The van der Waals surface area contributed by atoms with E-state index in [1.54, 1.807) is 18.5 Å². The van der Waals surface area contributed by atoms with Crippen LogP contribution in [0.2, 0.25) is 5.02 Å². The zero-order valence-corrected chi connectivity index (χ0v) is 21.8. The average molecular weight is 566 g/mol. The number of hydrogen-bond donors (Lipinski definition) is 3. The third-order valence-corrected chi connectivity index (χ3v) is 10.7. The Hall–Kier alpha value is -2.86. The summed E-state index contributed by atoms with van der Waals surface area (Å²) in [5.41, 5.74) is -1.46. The molecule has 202 valence electrons. The van der Waals surface area contributed by atoms with Crippen LogP contribution < -0.4 is 5.32 Å². The van der Waals surface area contributed by atoms with Crippen molar-refractivity contribution >= 4 is 33.0 Å². The molecule has 0 saturated heterocycles. The SMILES string of the molecule is C[C@H]1C2C[C@H](S(=O)(=O)c3cc(C(=O)Nc4ccc(F)c(F)c4)ccc3Cl)CC1[C@@]2(O)C(O)Cn1cccn1. The Bertz CT molecular complexity index is 1470. The molecule has 0 radical (unpaired) electrons. The molecule has 6 rings (SSSR count). The molecule has 3 aliphatic carbocycles. The van der Waals surface area contributed by atoms with Crippen molar-refractivity contribution in [2.24, 2.45) is 17.8 Å². The van der Waals surface area contributed by atoms with Gasteiger partial charge in [-0.25, -0.2) is 17.2 Å². The van der Waals surface area contributed by atoms with Gasteiger partial charge in [0.25, 0.3) is 5.91 Å².